The first-order valence-corrected chi connectivity index (χ1v) is 7.82. The van der Waals surface area contributed by atoms with Gasteiger partial charge in [0.25, 0.3) is 5.91 Å². The van der Waals surface area contributed by atoms with E-state index >= 15 is 0 Å². The number of carbonyl (C=O) groups excluding carboxylic acids is 1. The van der Waals surface area contributed by atoms with Crippen LogP contribution in [0.1, 0.15) is 10.5 Å². The van der Waals surface area contributed by atoms with Crippen molar-refractivity contribution in [1.29, 1.82) is 0 Å². The Morgan fingerprint density at radius 1 is 1.04 bits per heavy atom. The topological polar surface area (TPSA) is 66.9 Å². The fraction of sp³-hybridized carbons (Fsp3) is 0. The summed E-state index contributed by atoms with van der Waals surface area (Å²) in [6.45, 7) is 0. The minimum atomic E-state index is -0.404. The van der Waals surface area contributed by atoms with Gasteiger partial charge >= 0.3 is 0 Å². The number of nitrogens with zero attached hydrogens (tertiary/aromatic N) is 2. The lowest BCUT2D eigenvalue weighted by molar-refractivity contribution is 0.102. The predicted octanol–water partition coefficient (Wildman–Crippen LogP) is 4.37. The van der Waals surface area contributed by atoms with Crippen molar-refractivity contribution in [3.05, 3.63) is 76.8 Å². The molecule has 0 unspecified atom stereocenters. The SMILES string of the molecule is O=C(Nc1ccc(F)cc1)c1ccnc(Nc2ccccc2Br)n1. The molecule has 0 aliphatic carbocycles. The Bertz CT molecular complexity index is 870. The van der Waals surface area contributed by atoms with Gasteiger partial charge in [0.2, 0.25) is 5.95 Å². The van der Waals surface area contributed by atoms with Gasteiger partial charge in [0, 0.05) is 16.4 Å². The maximum atomic E-state index is 12.9. The summed E-state index contributed by atoms with van der Waals surface area (Å²) < 4.78 is 13.8. The monoisotopic (exact) mass is 386 g/mol. The van der Waals surface area contributed by atoms with E-state index in [1.54, 1.807) is 0 Å². The highest BCUT2D eigenvalue weighted by Gasteiger charge is 2.10. The fourth-order valence-corrected chi connectivity index (χ4v) is 2.34. The number of rotatable bonds is 4. The molecule has 24 heavy (non-hydrogen) atoms. The summed E-state index contributed by atoms with van der Waals surface area (Å²) in [6.07, 6.45) is 1.49. The zero-order valence-electron chi connectivity index (χ0n) is 12.3. The van der Waals surface area contributed by atoms with Crippen LogP contribution in [0.4, 0.5) is 21.7 Å². The van der Waals surface area contributed by atoms with Crippen LogP contribution in [0.2, 0.25) is 0 Å². The number of aromatic nitrogens is 2. The molecule has 7 heteroatoms. The van der Waals surface area contributed by atoms with Gasteiger partial charge < -0.3 is 10.6 Å². The number of hydrogen-bond acceptors (Lipinski definition) is 4. The second-order valence-corrected chi connectivity index (χ2v) is 5.69. The number of para-hydroxylation sites is 1. The number of amides is 1. The van der Waals surface area contributed by atoms with E-state index in [1.807, 2.05) is 24.3 Å². The zero-order chi connectivity index (χ0) is 16.9. The summed E-state index contributed by atoms with van der Waals surface area (Å²) in [4.78, 5) is 20.5. The highest BCUT2D eigenvalue weighted by Crippen LogP contribution is 2.23. The van der Waals surface area contributed by atoms with Gasteiger partial charge in [-0.1, -0.05) is 12.1 Å². The van der Waals surface area contributed by atoms with E-state index in [-0.39, 0.29) is 11.5 Å². The number of nitrogens with one attached hydrogen (secondary N) is 2. The molecule has 0 bridgehead atoms. The van der Waals surface area contributed by atoms with Crippen molar-refractivity contribution in [3.63, 3.8) is 0 Å². The molecule has 0 saturated heterocycles. The Morgan fingerprint density at radius 3 is 2.54 bits per heavy atom. The first-order valence-electron chi connectivity index (χ1n) is 7.03. The molecule has 3 rings (SSSR count). The molecular weight excluding hydrogens is 375 g/mol. The molecule has 1 amide bonds. The smallest absolute Gasteiger partial charge is 0.274 e. The first kappa shape index (κ1) is 16.1. The molecule has 2 N–H and O–H groups in total. The molecule has 0 spiro atoms. The Kier molecular flexibility index (Phi) is 4.81. The third-order valence-corrected chi connectivity index (χ3v) is 3.80. The molecule has 3 aromatic rings. The molecule has 0 aliphatic rings. The maximum Gasteiger partial charge on any atom is 0.274 e. The van der Waals surface area contributed by atoms with Crippen LogP contribution in [0, 0.1) is 5.82 Å². The van der Waals surface area contributed by atoms with E-state index in [2.05, 4.69) is 36.5 Å². The second kappa shape index (κ2) is 7.18. The van der Waals surface area contributed by atoms with E-state index in [4.69, 9.17) is 0 Å². The van der Waals surface area contributed by atoms with Crippen molar-refractivity contribution in [3.8, 4) is 0 Å². The highest BCUT2D eigenvalue weighted by molar-refractivity contribution is 9.10. The Hall–Kier alpha value is -2.80. The predicted molar refractivity (Wildman–Crippen MR) is 93.8 cm³/mol. The minimum absolute atomic E-state index is 0.198. The molecule has 0 saturated carbocycles. The standard InChI is InChI=1S/C17H12BrFN4O/c18-13-3-1-2-4-14(13)22-17-20-10-9-15(23-17)16(24)21-12-7-5-11(19)6-8-12/h1-10H,(H,21,24)(H,20,22,23). The first-order chi connectivity index (χ1) is 11.6. The van der Waals surface area contributed by atoms with Crippen LogP contribution in [0.5, 0.6) is 0 Å². The van der Waals surface area contributed by atoms with Crippen molar-refractivity contribution in [1.82, 2.24) is 9.97 Å². The third-order valence-electron chi connectivity index (χ3n) is 3.11. The molecular formula is C17H12BrFN4O. The van der Waals surface area contributed by atoms with Crippen molar-refractivity contribution >= 4 is 39.2 Å². The molecule has 0 fully saturated rings. The van der Waals surface area contributed by atoms with Gasteiger partial charge in [0.05, 0.1) is 5.69 Å². The van der Waals surface area contributed by atoms with Crippen LogP contribution in [-0.4, -0.2) is 15.9 Å². The molecule has 1 aromatic heterocycles. The lowest BCUT2D eigenvalue weighted by Gasteiger charge is -2.08. The largest absolute Gasteiger partial charge is 0.323 e. The van der Waals surface area contributed by atoms with E-state index in [0.717, 1.165) is 10.2 Å². The van der Waals surface area contributed by atoms with Crippen LogP contribution in [0.15, 0.2) is 65.3 Å². The molecule has 0 atom stereocenters. The summed E-state index contributed by atoms with van der Waals surface area (Å²) in [5, 5.41) is 5.70. The number of hydrogen-bond donors (Lipinski definition) is 2. The fourth-order valence-electron chi connectivity index (χ4n) is 1.96. The van der Waals surface area contributed by atoms with E-state index in [9.17, 15) is 9.18 Å². The van der Waals surface area contributed by atoms with E-state index in [0.29, 0.717) is 11.6 Å². The van der Waals surface area contributed by atoms with Crippen LogP contribution < -0.4 is 10.6 Å². The molecule has 0 radical (unpaired) electrons. The lowest BCUT2D eigenvalue weighted by atomic mass is 10.3. The third kappa shape index (κ3) is 3.94. The summed E-state index contributed by atoms with van der Waals surface area (Å²) in [7, 11) is 0. The van der Waals surface area contributed by atoms with Gasteiger partial charge in [-0.15, -0.1) is 0 Å². The summed E-state index contributed by atoms with van der Waals surface area (Å²) in [5.41, 5.74) is 1.47. The van der Waals surface area contributed by atoms with Gasteiger partial charge in [-0.05, 0) is 58.4 Å². The lowest BCUT2D eigenvalue weighted by Crippen LogP contribution is -2.14. The van der Waals surface area contributed by atoms with Gasteiger partial charge in [0.15, 0.2) is 0 Å². The van der Waals surface area contributed by atoms with E-state index < -0.39 is 5.91 Å². The van der Waals surface area contributed by atoms with Crippen molar-refractivity contribution < 1.29 is 9.18 Å². The molecule has 120 valence electrons. The molecule has 5 nitrogen and oxygen atoms in total. The van der Waals surface area contributed by atoms with E-state index in [1.165, 1.54) is 36.5 Å². The second-order valence-electron chi connectivity index (χ2n) is 4.83. The van der Waals surface area contributed by atoms with Crippen LogP contribution in [0.3, 0.4) is 0 Å². The average Bonchev–Trinajstić information content (AvgIpc) is 2.59. The molecule has 1 heterocycles. The normalized spacial score (nSPS) is 10.2. The van der Waals surface area contributed by atoms with Gasteiger partial charge in [0.1, 0.15) is 11.5 Å². The number of benzene rings is 2. The number of anilines is 3. The van der Waals surface area contributed by atoms with Crippen molar-refractivity contribution in [2.45, 2.75) is 0 Å². The highest BCUT2D eigenvalue weighted by atomic mass is 79.9. The van der Waals surface area contributed by atoms with Crippen molar-refractivity contribution in [2.24, 2.45) is 0 Å². The van der Waals surface area contributed by atoms with Crippen LogP contribution in [0.25, 0.3) is 0 Å². The van der Waals surface area contributed by atoms with Crippen LogP contribution in [-0.2, 0) is 0 Å². The Labute approximate surface area is 146 Å². The summed E-state index contributed by atoms with van der Waals surface area (Å²) in [6, 6.07) is 14.5. The Balaban J connectivity index is 1.76. The molecule has 2 aromatic carbocycles. The molecule has 0 aliphatic heterocycles. The average molecular weight is 387 g/mol. The zero-order valence-corrected chi connectivity index (χ0v) is 13.9. The van der Waals surface area contributed by atoms with Gasteiger partial charge in [-0.3, -0.25) is 4.79 Å². The Morgan fingerprint density at radius 2 is 1.79 bits per heavy atom. The van der Waals surface area contributed by atoms with Crippen LogP contribution >= 0.6 is 15.9 Å². The van der Waals surface area contributed by atoms with Gasteiger partial charge in [-0.25, -0.2) is 14.4 Å². The number of carbonyl (C=O) groups is 1. The minimum Gasteiger partial charge on any atom is -0.323 e. The summed E-state index contributed by atoms with van der Waals surface area (Å²) in [5.74, 6) is -0.470. The number of halogens is 2. The van der Waals surface area contributed by atoms with Crippen molar-refractivity contribution in [2.75, 3.05) is 10.6 Å². The quantitative estimate of drug-likeness (QED) is 0.698. The maximum absolute atomic E-state index is 12.9. The van der Waals surface area contributed by atoms with Gasteiger partial charge in [-0.2, -0.15) is 0 Å². The summed E-state index contributed by atoms with van der Waals surface area (Å²) >= 11 is 3.42.